The van der Waals surface area contributed by atoms with Gasteiger partial charge in [0.1, 0.15) is 11.7 Å². The van der Waals surface area contributed by atoms with E-state index in [0.717, 1.165) is 47.2 Å². The number of pyridine rings is 1. The van der Waals surface area contributed by atoms with Crippen LogP contribution in [-0.4, -0.2) is 42.9 Å². The zero-order valence-corrected chi connectivity index (χ0v) is 17.8. The zero-order valence-electron chi connectivity index (χ0n) is 17.8. The van der Waals surface area contributed by atoms with Gasteiger partial charge in [0, 0.05) is 38.1 Å². The minimum Gasteiger partial charge on any atom is -0.471 e. The van der Waals surface area contributed by atoms with Crippen molar-refractivity contribution in [3.05, 3.63) is 65.1 Å². The number of hydrogen-bond donors (Lipinski definition) is 1. The van der Waals surface area contributed by atoms with Crippen molar-refractivity contribution in [2.45, 2.75) is 51.5 Å². The number of aromatic nitrogens is 3. The monoisotopic (exact) mass is 418 g/mol. The maximum atomic E-state index is 13.1. The SMILES string of the molecule is Cc1nn(C)cc1-c1ccc(CN2Cc3ccnc(O[C@@H]4CCC[C@H]4O)c3C2=O)cc1. The van der Waals surface area contributed by atoms with Crippen LogP contribution in [0.3, 0.4) is 0 Å². The van der Waals surface area contributed by atoms with Crippen molar-refractivity contribution in [1.29, 1.82) is 0 Å². The van der Waals surface area contributed by atoms with Gasteiger partial charge in [0.15, 0.2) is 0 Å². The highest BCUT2D eigenvalue weighted by molar-refractivity contribution is 6.00. The number of amides is 1. The molecule has 160 valence electrons. The molecule has 1 aromatic carbocycles. The average Bonchev–Trinajstić information content (AvgIpc) is 3.41. The number of carbonyl (C=O) groups excluding carboxylic acids is 1. The van der Waals surface area contributed by atoms with E-state index in [4.69, 9.17) is 4.74 Å². The van der Waals surface area contributed by atoms with Crippen molar-refractivity contribution in [2.24, 2.45) is 7.05 Å². The van der Waals surface area contributed by atoms with E-state index < -0.39 is 6.10 Å². The number of fused-ring (bicyclic) bond motifs is 1. The Morgan fingerprint density at radius 3 is 2.68 bits per heavy atom. The minimum absolute atomic E-state index is 0.0715. The fourth-order valence-electron chi connectivity index (χ4n) is 4.57. The summed E-state index contributed by atoms with van der Waals surface area (Å²) in [5.41, 5.74) is 5.73. The van der Waals surface area contributed by atoms with Gasteiger partial charge in [0.2, 0.25) is 5.88 Å². The van der Waals surface area contributed by atoms with E-state index in [-0.39, 0.29) is 12.0 Å². The van der Waals surface area contributed by atoms with Crippen LogP contribution in [-0.2, 0) is 20.1 Å². The van der Waals surface area contributed by atoms with E-state index in [9.17, 15) is 9.90 Å². The number of carbonyl (C=O) groups is 1. The molecule has 7 heteroatoms. The zero-order chi connectivity index (χ0) is 21.5. The van der Waals surface area contributed by atoms with Crippen LogP contribution < -0.4 is 4.74 Å². The number of rotatable bonds is 5. The van der Waals surface area contributed by atoms with E-state index in [1.54, 1.807) is 6.20 Å². The normalized spacial score (nSPS) is 20.4. The van der Waals surface area contributed by atoms with Crippen molar-refractivity contribution in [1.82, 2.24) is 19.7 Å². The molecule has 0 radical (unpaired) electrons. The first-order valence-electron chi connectivity index (χ1n) is 10.7. The van der Waals surface area contributed by atoms with Gasteiger partial charge in [-0.25, -0.2) is 4.98 Å². The second-order valence-electron chi connectivity index (χ2n) is 8.46. The van der Waals surface area contributed by atoms with Gasteiger partial charge in [-0.2, -0.15) is 5.10 Å². The number of ether oxygens (including phenoxy) is 1. The van der Waals surface area contributed by atoms with Crippen LogP contribution in [0.25, 0.3) is 11.1 Å². The summed E-state index contributed by atoms with van der Waals surface area (Å²) < 4.78 is 7.78. The smallest absolute Gasteiger partial charge is 0.260 e. The van der Waals surface area contributed by atoms with E-state index in [1.165, 1.54) is 0 Å². The molecule has 2 atom stereocenters. The first-order valence-corrected chi connectivity index (χ1v) is 10.7. The maximum absolute atomic E-state index is 13.1. The molecule has 3 aromatic rings. The van der Waals surface area contributed by atoms with E-state index in [2.05, 4.69) is 34.3 Å². The Morgan fingerprint density at radius 1 is 1.19 bits per heavy atom. The molecule has 1 aliphatic carbocycles. The number of nitrogens with zero attached hydrogens (tertiary/aromatic N) is 4. The molecule has 1 N–H and O–H groups in total. The highest BCUT2D eigenvalue weighted by atomic mass is 16.5. The summed E-state index contributed by atoms with van der Waals surface area (Å²) in [6.07, 6.45) is 5.35. The second-order valence-corrected chi connectivity index (χ2v) is 8.46. The Hall–Kier alpha value is -3.19. The largest absolute Gasteiger partial charge is 0.471 e. The molecule has 0 saturated heterocycles. The Balaban J connectivity index is 1.32. The molecule has 1 saturated carbocycles. The molecular formula is C24H26N4O3. The molecule has 7 nitrogen and oxygen atoms in total. The molecule has 0 spiro atoms. The highest BCUT2D eigenvalue weighted by Crippen LogP contribution is 2.33. The number of benzene rings is 1. The van der Waals surface area contributed by atoms with Crippen LogP contribution in [0.5, 0.6) is 5.88 Å². The molecule has 2 aromatic heterocycles. The number of aliphatic hydroxyl groups is 1. The average molecular weight is 418 g/mol. The Bertz CT molecular complexity index is 1120. The first-order chi connectivity index (χ1) is 15.0. The number of aryl methyl sites for hydroxylation is 2. The summed E-state index contributed by atoms with van der Waals surface area (Å²) in [4.78, 5) is 19.3. The molecule has 1 aliphatic heterocycles. The lowest BCUT2D eigenvalue weighted by Gasteiger charge is -2.18. The fraction of sp³-hybridized carbons (Fsp3) is 0.375. The lowest BCUT2D eigenvalue weighted by atomic mass is 10.0. The predicted octanol–water partition coefficient (Wildman–Crippen LogP) is 3.24. The third-order valence-corrected chi connectivity index (χ3v) is 6.20. The fourth-order valence-corrected chi connectivity index (χ4v) is 4.57. The van der Waals surface area contributed by atoms with Crippen LogP contribution in [0.4, 0.5) is 0 Å². The third-order valence-electron chi connectivity index (χ3n) is 6.20. The highest BCUT2D eigenvalue weighted by Gasteiger charge is 2.34. The molecule has 1 amide bonds. The van der Waals surface area contributed by atoms with Crippen LogP contribution in [0.1, 0.15) is 46.4 Å². The first kappa shape index (κ1) is 19.8. The van der Waals surface area contributed by atoms with Crippen molar-refractivity contribution in [3.8, 4) is 17.0 Å². The molecule has 3 heterocycles. The van der Waals surface area contributed by atoms with Crippen molar-refractivity contribution in [3.63, 3.8) is 0 Å². The standard InChI is InChI=1S/C24H26N4O3/c1-15-19(14-27(2)26-15)17-8-6-16(7-9-17)12-28-13-18-10-11-25-23(22(18)24(28)30)31-21-5-3-4-20(21)29/h6-11,14,20-21,29H,3-5,12-13H2,1-2H3/t20-,21-/m1/s1. The summed E-state index contributed by atoms with van der Waals surface area (Å²) in [6, 6.07) is 10.1. The Kier molecular flexibility index (Phi) is 4.98. The summed E-state index contributed by atoms with van der Waals surface area (Å²) in [5.74, 6) is 0.274. The van der Waals surface area contributed by atoms with Gasteiger partial charge < -0.3 is 14.7 Å². The van der Waals surface area contributed by atoms with Crippen LogP contribution in [0, 0.1) is 6.92 Å². The third kappa shape index (κ3) is 3.70. The molecule has 0 unspecified atom stereocenters. The van der Waals surface area contributed by atoms with Gasteiger partial charge in [-0.3, -0.25) is 9.48 Å². The molecule has 1 fully saturated rings. The summed E-state index contributed by atoms with van der Waals surface area (Å²) in [7, 11) is 1.92. The maximum Gasteiger partial charge on any atom is 0.260 e. The van der Waals surface area contributed by atoms with Crippen LogP contribution >= 0.6 is 0 Å². The molecule has 31 heavy (non-hydrogen) atoms. The van der Waals surface area contributed by atoms with Gasteiger partial charge in [0.05, 0.1) is 11.8 Å². The molecule has 0 bridgehead atoms. The van der Waals surface area contributed by atoms with Crippen molar-refractivity contribution >= 4 is 5.91 Å². The van der Waals surface area contributed by atoms with E-state index >= 15 is 0 Å². The van der Waals surface area contributed by atoms with Crippen molar-refractivity contribution < 1.29 is 14.6 Å². The van der Waals surface area contributed by atoms with Crippen LogP contribution in [0.15, 0.2) is 42.7 Å². The second kappa shape index (κ2) is 7.81. The molecule has 5 rings (SSSR count). The Labute approximate surface area is 181 Å². The molecule has 2 aliphatic rings. The number of aliphatic hydroxyl groups excluding tert-OH is 1. The number of hydrogen-bond acceptors (Lipinski definition) is 5. The quantitative estimate of drug-likeness (QED) is 0.688. The van der Waals surface area contributed by atoms with Crippen LogP contribution in [0.2, 0.25) is 0 Å². The predicted molar refractivity (Wildman–Crippen MR) is 115 cm³/mol. The van der Waals surface area contributed by atoms with E-state index in [1.807, 2.05) is 35.8 Å². The topological polar surface area (TPSA) is 80.5 Å². The Morgan fingerprint density at radius 2 is 2.00 bits per heavy atom. The lowest BCUT2D eigenvalue weighted by Crippen LogP contribution is -2.27. The lowest BCUT2D eigenvalue weighted by molar-refractivity contribution is 0.0553. The molecular weight excluding hydrogens is 392 g/mol. The van der Waals surface area contributed by atoms with E-state index in [0.29, 0.717) is 24.5 Å². The summed E-state index contributed by atoms with van der Waals surface area (Å²) in [6.45, 7) is 3.05. The van der Waals surface area contributed by atoms with Gasteiger partial charge in [-0.05, 0) is 48.9 Å². The van der Waals surface area contributed by atoms with Crippen molar-refractivity contribution in [2.75, 3.05) is 0 Å². The minimum atomic E-state index is -0.493. The van der Waals surface area contributed by atoms with Gasteiger partial charge in [0.25, 0.3) is 5.91 Å². The van der Waals surface area contributed by atoms with Gasteiger partial charge >= 0.3 is 0 Å². The summed E-state index contributed by atoms with van der Waals surface area (Å²) in [5, 5.41) is 14.5. The summed E-state index contributed by atoms with van der Waals surface area (Å²) >= 11 is 0. The van der Waals surface area contributed by atoms with Gasteiger partial charge in [-0.15, -0.1) is 0 Å². The van der Waals surface area contributed by atoms with Gasteiger partial charge in [-0.1, -0.05) is 24.3 Å².